The molecule has 0 radical (unpaired) electrons. The molecule has 4 N–H and O–H groups in total. The standard InChI is InChI=1S/C11H10FN5O3/c1-5-2-3-6(4-7(5)12)10(18)14-15-11(19)8-9(13)17-20-16-8/h2-4H,1H3,(H2,13,17)(H,14,18)(H,15,19). The van der Waals surface area contributed by atoms with Gasteiger partial charge < -0.3 is 5.73 Å². The summed E-state index contributed by atoms with van der Waals surface area (Å²) in [6, 6.07) is 3.93. The average molecular weight is 279 g/mol. The molecule has 0 aliphatic heterocycles. The molecule has 0 unspecified atom stereocenters. The first-order valence-electron chi connectivity index (χ1n) is 5.44. The smallest absolute Gasteiger partial charge is 0.295 e. The van der Waals surface area contributed by atoms with Gasteiger partial charge in [0.1, 0.15) is 5.82 Å². The predicted molar refractivity (Wildman–Crippen MR) is 64.8 cm³/mol. The Morgan fingerprint density at radius 3 is 2.55 bits per heavy atom. The summed E-state index contributed by atoms with van der Waals surface area (Å²) < 4.78 is 17.5. The van der Waals surface area contributed by atoms with Crippen LogP contribution in [-0.2, 0) is 0 Å². The van der Waals surface area contributed by atoms with Crippen LogP contribution in [0, 0.1) is 12.7 Å². The number of amides is 2. The number of nitrogens with zero attached hydrogens (tertiary/aromatic N) is 2. The van der Waals surface area contributed by atoms with E-state index < -0.39 is 17.6 Å². The maximum absolute atomic E-state index is 13.3. The second kappa shape index (κ2) is 5.34. The van der Waals surface area contributed by atoms with Crippen molar-refractivity contribution in [3.05, 3.63) is 40.8 Å². The summed E-state index contributed by atoms with van der Waals surface area (Å²) in [5, 5.41) is 6.47. The zero-order valence-corrected chi connectivity index (χ0v) is 10.3. The third-order valence-corrected chi connectivity index (χ3v) is 2.45. The average Bonchev–Trinajstić information content (AvgIpc) is 2.85. The summed E-state index contributed by atoms with van der Waals surface area (Å²) in [7, 11) is 0. The number of hydrogen-bond donors (Lipinski definition) is 3. The van der Waals surface area contributed by atoms with Crippen molar-refractivity contribution < 1.29 is 18.6 Å². The molecular formula is C11H10FN5O3. The summed E-state index contributed by atoms with van der Waals surface area (Å²) in [5.41, 5.74) is 9.65. The molecule has 9 heteroatoms. The lowest BCUT2D eigenvalue weighted by Crippen LogP contribution is -2.42. The van der Waals surface area contributed by atoms with Crippen molar-refractivity contribution in [1.82, 2.24) is 21.2 Å². The van der Waals surface area contributed by atoms with Crippen LogP contribution in [0.4, 0.5) is 10.2 Å². The van der Waals surface area contributed by atoms with Gasteiger partial charge in [-0.2, -0.15) is 0 Å². The van der Waals surface area contributed by atoms with E-state index >= 15 is 0 Å². The number of rotatable bonds is 2. The maximum atomic E-state index is 13.3. The molecule has 2 aromatic rings. The number of carbonyl (C=O) groups excluding carboxylic acids is 2. The minimum Gasteiger partial charge on any atom is -0.379 e. The minimum absolute atomic E-state index is 0.0552. The first kappa shape index (κ1) is 13.5. The first-order valence-corrected chi connectivity index (χ1v) is 5.44. The summed E-state index contributed by atoms with van der Waals surface area (Å²) >= 11 is 0. The van der Waals surface area contributed by atoms with Gasteiger partial charge in [0.15, 0.2) is 0 Å². The number of carbonyl (C=O) groups is 2. The molecule has 0 saturated heterocycles. The van der Waals surface area contributed by atoms with Gasteiger partial charge in [-0.3, -0.25) is 20.4 Å². The molecule has 0 saturated carbocycles. The van der Waals surface area contributed by atoms with Crippen molar-refractivity contribution in [2.24, 2.45) is 0 Å². The van der Waals surface area contributed by atoms with Crippen LogP contribution in [0.1, 0.15) is 26.4 Å². The molecule has 1 aromatic carbocycles. The van der Waals surface area contributed by atoms with Gasteiger partial charge in [0, 0.05) is 5.56 Å². The molecule has 20 heavy (non-hydrogen) atoms. The number of halogens is 1. The zero-order chi connectivity index (χ0) is 14.7. The molecule has 2 amide bonds. The zero-order valence-electron chi connectivity index (χ0n) is 10.3. The van der Waals surface area contributed by atoms with Crippen LogP contribution in [0.5, 0.6) is 0 Å². The van der Waals surface area contributed by atoms with E-state index in [0.29, 0.717) is 5.56 Å². The molecule has 0 bridgehead atoms. The van der Waals surface area contributed by atoms with E-state index in [1.165, 1.54) is 12.1 Å². The number of nitrogens with two attached hydrogens (primary N) is 1. The monoisotopic (exact) mass is 279 g/mol. The highest BCUT2D eigenvalue weighted by Gasteiger charge is 2.17. The van der Waals surface area contributed by atoms with Gasteiger partial charge in [0.2, 0.25) is 11.5 Å². The number of hydrazine groups is 1. The van der Waals surface area contributed by atoms with Crippen LogP contribution in [0.2, 0.25) is 0 Å². The number of aromatic nitrogens is 2. The number of hydrogen-bond acceptors (Lipinski definition) is 6. The Kier molecular flexibility index (Phi) is 3.60. The Bertz CT molecular complexity index is 670. The Labute approximate surface area is 112 Å². The Morgan fingerprint density at radius 1 is 1.25 bits per heavy atom. The van der Waals surface area contributed by atoms with E-state index in [2.05, 4.69) is 25.8 Å². The fraction of sp³-hybridized carbons (Fsp3) is 0.0909. The number of anilines is 1. The fourth-order valence-corrected chi connectivity index (χ4v) is 1.33. The highest BCUT2D eigenvalue weighted by molar-refractivity contribution is 5.99. The van der Waals surface area contributed by atoms with Gasteiger partial charge >= 0.3 is 0 Å². The molecule has 0 fully saturated rings. The summed E-state index contributed by atoms with van der Waals surface area (Å²) in [6.45, 7) is 1.57. The molecule has 2 rings (SSSR count). The normalized spacial score (nSPS) is 10.1. The molecule has 0 spiro atoms. The van der Waals surface area contributed by atoms with Crippen molar-refractivity contribution in [2.75, 3.05) is 5.73 Å². The van der Waals surface area contributed by atoms with E-state index in [9.17, 15) is 14.0 Å². The van der Waals surface area contributed by atoms with E-state index in [1.807, 2.05) is 0 Å². The summed E-state index contributed by atoms with van der Waals surface area (Å²) in [6.07, 6.45) is 0. The first-order chi connectivity index (χ1) is 9.49. The third-order valence-electron chi connectivity index (χ3n) is 2.45. The fourth-order valence-electron chi connectivity index (χ4n) is 1.33. The quantitative estimate of drug-likeness (QED) is 0.673. The lowest BCUT2D eigenvalue weighted by atomic mass is 10.1. The van der Waals surface area contributed by atoms with Crippen molar-refractivity contribution in [1.29, 1.82) is 0 Å². The van der Waals surface area contributed by atoms with Gasteiger partial charge in [0.25, 0.3) is 11.8 Å². The summed E-state index contributed by atoms with van der Waals surface area (Å²) in [4.78, 5) is 23.2. The molecule has 1 aromatic heterocycles. The number of nitrogen functional groups attached to an aromatic ring is 1. The minimum atomic E-state index is -0.801. The van der Waals surface area contributed by atoms with Crippen molar-refractivity contribution >= 4 is 17.6 Å². The highest BCUT2D eigenvalue weighted by atomic mass is 19.1. The van der Waals surface area contributed by atoms with Crippen LogP contribution < -0.4 is 16.6 Å². The Morgan fingerprint density at radius 2 is 1.95 bits per heavy atom. The van der Waals surface area contributed by atoms with E-state index in [0.717, 1.165) is 6.07 Å². The molecule has 0 aliphatic rings. The van der Waals surface area contributed by atoms with Gasteiger partial charge in [0.05, 0.1) is 0 Å². The Balaban J connectivity index is 2.00. The number of benzene rings is 1. The largest absolute Gasteiger partial charge is 0.379 e. The van der Waals surface area contributed by atoms with Crippen LogP contribution in [0.25, 0.3) is 0 Å². The lowest BCUT2D eigenvalue weighted by molar-refractivity contribution is 0.0841. The second-order valence-electron chi connectivity index (χ2n) is 3.87. The predicted octanol–water partition coefficient (Wildman–Crippen LogP) is 0.174. The molecule has 8 nitrogen and oxygen atoms in total. The number of nitrogens with one attached hydrogen (secondary N) is 2. The van der Waals surface area contributed by atoms with E-state index in [4.69, 9.17) is 5.73 Å². The topological polar surface area (TPSA) is 123 Å². The van der Waals surface area contributed by atoms with E-state index in [-0.39, 0.29) is 17.1 Å². The second-order valence-corrected chi connectivity index (χ2v) is 3.87. The Hall–Kier alpha value is -2.97. The van der Waals surface area contributed by atoms with Crippen LogP contribution >= 0.6 is 0 Å². The van der Waals surface area contributed by atoms with Crippen LogP contribution in [0.15, 0.2) is 22.8 Å². The van der Waals surface area contributed by atoms with Crippen LogP contribution in [-0.4, -0.2) is 22.1 Å². The maximum Gasteiger partial charge on any atom is 0.295 e. The van der Waals surface area contributed by atoms with Crippen molar-refractivity contribution in [3.8, 4) is 0 Å². The van der Waals surface area contributed by atoms with Gasteiger partial charge in [-0.15, -0.1) is 0 Å². The molecular weight excluding hydrogens is 269 g/mol. The lowest BCUT2D eigenvalue weighted by Gasteiger charge is -2.06. The molecule has 0 atom stereocenters. The van der Waals surface area contributed by atoms with Gasteiger partial charge in [-0.25, -0.2) is 9.02 Å². The molecule has 104 valence electrons. The molecule has 0 aliphatic carbocycles. The third kappa shape index (κ3) is 2.71. The SMILES string of the molecule is Cc1ccc(C(=O)NNC(=O)c2nonc2N)cc1F. The van der Waals surface area contributed by atoms with E-state index in [1.54, 1.807) is 6.92 Å². The summed E-state index contributed by atoms with van der Waals surface area (Å²) in [5.74, 6) is -2.22. The van der Waals surface area contributed by atoms with Gasteiger partial charge in [-0.05, 0) is 34.9 Å². The van der Waals surface area contributed by atoms with Gasteiger partial charge in [-0.1, -0.05) is 6.07 Å². The van der Waals surface area contributed by atoms with Crippen LogP contribution in [0.3, 0.4) is 0 Å². The van der Waals surface area contributed by atoms with Crippen molar-refractivity contribution in [2.45, 2.75) is 6.92 Å². The highest BCUT2D eigenvalue weighted by Crippen LogP contribution is 2.09. The number of aryl methyl sites for hydroxylation is 1. The molecule has 1 heterocycles. The van der Waals surface area contributed by atoms with Crippen molar-refractivity contribution in [3.63, 3.8) is 0 Å².